The molecule has 0 spiro atoms. The molecule has 0 unspecified atom stereocenters. The molecule has 0 saturated carbocycles. The Bertz CT molecular complexity index is 871. The van der Waals surface area contributed by atoms with Crippen LogP contribution in [-0.2, 0) is 19.5 Å². The van der Waals surface area contributed by atoms with Gasteiger partial charge in [0.25, 0.3) is 0 Å². The lowest BCUT2D eigenvalue weighted by molar-refractivity contribution is 0.174. The third-order valence-corrected chi connectivity index (χ3v) is 6.55. The van der Waals surface area contributed by atoms with Crippen LogP contribution in [0.5, 0.6) is 0 Å². The topological polar surface area (TPSA) is 8.17 Å². The van der Waals surface area contributed by atoms with Gasteiger partial charge in [0.05, 0.1) is 6.04 Å². The largest absolute Gasteiger partial charge is 0.343 e. The first-order valence-corrected chi connectivity index (χ1v) is 10.1. The molecule has 3 aromatic rings. The van der Waals surface area contributed by atoms with Gasteiger partial charge in [-0.1, -0.05) is 11.6 Å². The Hall–Kier alpha value is -1.58. The maximum atomic E-state index is 2.75. The summed E-state index contributed by atoms with van der Waals surface area (Å²) in [6, 6.07) is 9.94. The van der Waals surface area contributed by atoms with Gasteiger partial charge in [0.1, 0.15) is 0 Å². The molecule has 3 heterocycles. The SMILES string of the molecule is Cc1ccc2c(c1)c1c3n2CCCN(Cc2ccsc2)[C@H]3CCC1. The van der Waals surface area contributed by atoms with Crippen LogP contribution < -0.4 is 0 Å². The normalized spacial score (nSPS) is 21.0. The summed E-state index contributed by atoms with van der Waals surface area (Å²) in [5.74, 6) is 0. The maximum Gasteiger partial charge on any atom is 0.0507 e. The van der Waals surface area contributed by atoms with E-state index in [-0.39, 0.29) is 0 Å². The van der Waals surface area contributed by atoms with E-state index in [9.17, 15) is 0 Å². The van der Waals surface area contributed by atoms with E-state index < -0.39 is 0 Å². The molecule has 124 valence electrons. The molecular weight excluding hydrogens is 312 g/mol. The Balaban J connectivity index is 1.64. The highest BCUT2D eigenvalue weighted by atomic mass is 32.1. The maximum absolute atomic E-state index is 2.75. The fraction of sp³-hybridized carbons (Fsp3) is 0.429. The minimum atomic E-state index is 0.601. The molecule has 1 aliphatic heterocycles. The summed E-state index contributed by atoms with van der Waals surface area (Å²) in [4.78, 5) is 2.75. The summed E-state index contributed by atoms with van der Waals surface area (Å²) in [7, 11) is 0. The van der Waals surface area contributed by atoms with Gasteiger partial charge in [-0.25, -0.2) is 0 Å². The molecule has 2 nitrogen and oxygen atoms in total. The van der Waals surface area contributed by atoms with Crippen LogP contribution >= 0.6 is 11.3 Å². The number of aromatic nitrogens is 1. The molecule has 0 saturated heterocycles. The van der Waals surface area contributed by atoms with Crippen molar-refractivity contribution in [2.45, 2.75) is 51.7 Å². The van der Waals surface area contributed by atoms with Gasteiger partial charge >= 0.3 is 0 Å². The number of hydrogen-bond acceptors (Lipinski definition) is 2. The molecule has 0 radical (unpaired) electrons. The number of thiophene rings is 1. The van der Waals surface area contributed by atoms with E-state index in [1.54, 1.807) is 11.3 Å². The van der Waals surface area contributed by atoms with Crippen LogP contribution in [0.1, 0.15) is 47.7 Å². The highest BCUT2D eigenvalue weighted by Gasteiger charge is 2.33. The van der Waals surface area contributed by atoms with Crippen LogP contribution in [0.2, 0.25) is 0 Å². The molecule has 5 rings (SSSR count). The molecule has 24 heavy (non-hydrogen) atoms. The molecule has 3 heteroatoms. The quantitative estimate of drug-likeness (QED) is 0.617. The standard InChI is InChI=1S/C21H24N2S/c1-15-6-7-19-18(12-15)17-4-2-5-20-21(17)23(19)10-3-9-22(20)13-16-8-11-24-14-16/h6-8,11-12,14,20H,2-5,9-10,13H2,1H3/t20-/m0/s1. The van der Waals surface area contributed by atoms with E-state index in [4.69, 9.17) is 0 Å². The van der Waals surface area contributed by atoms with Crippen LogP contribution in [0, 0.1) is 6.92 Å². The zero-order valence-electron chi connectivity index (χ0n) is 14.3. The number of hydrogen-bond donors (Lipinski definition) is 0. The lowest BCUT2D eigenvalue weighted by Gasteiger charge is -2.33. The molecule has 0 fully saturated rings. The van der Waals surface area contributed by atoms with E-state index in [1.165, 1.54) is 60.8 Å². The Morgan fingerprint density at radius 3 is 3.00 bits per heavy atom. The van der Waals surface area contributed by atoms with E-state index in [0.29, 0.717) is 6.04 Å². The first kappa shape index (κ1) is 14.7. The highest BCUT2D eigenvalue weighted by Crippen LogP contribution is 2.42. The van der Waals surface area contributed by atoms with Crippen LogP contribution in [0.15, 0.2) is 35.0 Å². The Morgan fingerprint density at radius 1 is 1.17 bits per heavy atom. The van der Waals surface area contributed by atoms with Gasteiger partial charge in [-0.15, -0.1) is 0 Å². The summed E-state index contributed by atoms with van der Waals surface area (Å²) in [5.41, 5.74) is 7.61. The second kappa shape index (κ2) is 5.75. The lowest BCUT2D eigenvalue weighted by Crippen LogP contribution is -2.30. The van der Waals surface area contributed by atoms with Crippen molar-refractivity contribution in [3.63, 3.8) is 0 Å². The number of rotatable bonds is 2. The average Bonchev–Trinajstić information content (AvgIpc) is 3.15. The second-order valence-corrected chi connectivity index (χ2v) is 8.18. The molecule has 1 aromatic carbocycles. The minimum absolute atomic E-state index is 0.601. The van der Waals surface area contributed by atoms with E-state index in [2.05, 4.69) is 51.4 Å². The molecule has 1 aliphatic carbocycles. The predicted octanol–water partition coefficient (Wildman–Crippen LogP) is 5.29. The monoisotopic (exact) mass is 336 g/mol. The smallest absolute Gasteiger partial charge is 0.0507 e. The zero-order valence-corrected chi connectivity index (χ0v) is 15.1. The Morgan fingerprint density at radius 2 is 2.12 bits per heavy atom. The van der Waals surface area contributed by atoms with Crippen molar-refractivity contribution in [3.05, 3.63) is 57.4 Å². The number of benzene rings is 1. The third-order valence-electron chi connectivity index (χ3n) is 5.82. The lowest BCUT2D eigenvalue weighted by atomic mass is 9.90. The van der Waals surface area contributed by atoms with Crippen molar-refractivity contribution in [2.75, 3.05) is 6.54 Å². The summed E-state index contributed by atoms with van der Waals surface area (Å²) in [6.45, 7) is 5.72. The number of fused-ring (bicyclic) bond motifs is 3. The van der Waals surface area contributed by atoms with Crippen LogP contribution in [0.3, 0.4) is 0 Å². The number of nitrogens with zero attached hydrogens (tertiary/aromatic N) is 2. The van der Waals surface area contributed by atoms with Gasteiger partial charge in [-0.3, -0.25) is 4.90 Å². The molecule has 0 amide bonds. The fourth-order valence-electron chi connectivity index (χ4n) is 4.80. The van der Waals surface area contributed by atoms with Crippen LogP contribution in [-0.4, -0.2) is 16.0 Å². The first-order chi connectivity index (χ1) is 11.8. The van der Waals surface area contributed by atoms with Gasteiger partial charge in [-0.2, -0.15) is 11.3 Å². The highest BCUT2D eigenvalue weighted by molar-refractivity contribution is 7.07. The summed E-state index contributed by atoms with van der Waals surface area (Å²) >= 11 is 1.82. The van der Waals surface area contributed by atoms with Crippen LogP contribution in [0.25, 0.3) is 10.9 Å². The first-order valence-electron chi connectivity index (χ1n) is 9.18. The zero-order chi connectivity index (χ0) is 16.1. The van der Waals surface area contributed by atoms with Crippen molar-refractivity contribution < 1.29 is 0 Å². The average molecular weight is 337 g/mol. The van der Waals surface area contributed by atoms with Gasteiger partial charge in [0.2, 0.25) is 0 Å². The van der Waals surface area contributed by atoms with Gasteiger partial charge in [0, 0.05) is 36.2 Å². The summed E-state index contributed by atoms with van der Waals surface area (Å²) in [5, 5.41) is 6.04. The van der Waals surface area contributed by atoms with E-state index in [1.807, 2.05) is 11.3 Å². The molecule has 2 aromatic heterocycles. The summed E-state index contributed by atoms with van der Waals surface area (Å²) < 4.78 is 2.65. The van der Waals surface area contributed by atoms with Gasteiger partial charge in [0.15, 0.2) is 0 Å². The van der Waals surface area contributed by atoms with Crippen molar-refractivity contribution in [3.8, 4) is 0 Å². The van der Waals surface area contributed by atoms with Crippen molar-refractivity contribution >= 4 is 22.2 Å². The van der Waals surface area contributed by atoms with E-state index >= 15 is 0 Å². The summed E-state index contributed by atoms with van der Waals surface area (Å²) in [6.07, 6.45) is 5.15. The van der Waals surface area contributed by atoms with Crippen molar-refractivity contribution in [1.82, 2.24) is 9.47 Å². The molecule has 0 N–H and O–H groups in total. The third kappa shape index (κ3) is 2.26. The second-order valence-electron chi connectivity index (χ2n) is 7.40. The number of aryl methyl sites for hydroxylation is 3. The predicted molar refractivity (Wildman–Crippen MR) is 102 cm³/mol. The molecule has 1 atom stereocenters. The fourth-order valence-corrected chi connectivity index (χ4v) is 5.46. The molecule has 0 bridgehead atoms. The van der Waals surface area contributed by atoms with Crippen molar-refractivity contribution in [1.29, 1.82) is 0 Å². The molecule has 2 aliphatic rings. The molecular formula is C21H24N2S. The van der Waals surface area contributed by atoms with Gasteiger partial charge < -0.3 is 4.57 Å². The van der Waals surface area contributed by atoms with E-state index in [0.717, 1.165) is 6.54 Å². The Kier molecular flexibility index (Phi) is 3.53. The van der Waals surface area contributed by atoms with Crippen molar-refractivity contribution in [2.24, 2.45) is 0 Å². The van der Waals surface area contributed by atoms with Gasteiger partial charge in [-0.05, 0) is 72.7 Å². The minimum Gasteiger partial charge on any atom is -0.343 e. The Labute approximate surface area is 147 Å². The van der Waals surface area contributed by atoms with Crippen LogP contribution in [0.4, 0.5) is 0 Å².